The molecule has 0 radical (unpaired) electrons. The summed E-state index contributed by atoms with van der Waals surface area (Å²) in [5, 5.41) is 2.97. The Morgan fingerprint density at radius 2 is 1.82 bits per heavy atom. The van der Waals surface area contributed by atoms with Gasteiger partial charge in [-0.3, -0.25) is 0 Å². The van der Waals surface area contributed by atoms with Crippen molar-refractivity contribution in [1.82, 2.24) is 0 Å². The second-order valence-electron chi connectivity index (χ2n) is 5.08. The van der Waals surface area contributed by atoms with Crippen LogP contribution in [0.3, 0.4) is 0 Å². The smallest absolute Gasteiger partial charge is 0.143 e. The van der Waals surface area contributed by atoms with Gasteiger partial charge in [-0.15, -0.1) is 0 Å². The summed E-state index contributed by atoms with van der Waals surface area (Å²) in [6.07, 6.45) is 0. The minimum atomic E-state index is 0.725. The number of rotatable bonds is 1. The number of halogens is 3. The highest BCUT2D eigenvalue weighted by molar-refractivity contribution is 14.1. The monoisotopic (exact) mass is 482 g/mol. The van der Waals surface area contributed by atoms with E-state index in [-0.39, 0.29) is 0 Å². The highest BCUT2D eigenvalue weighted by atomic mass is 127. The lowest BCUT2D eigenvalue weighted by Crippen LogP contribution is -1.81. The Morgan fingerprint density at radius 1 is 0.955 bits per heavy atom. The van der Waals surface area contributed by atoms with E-state index in [1.54, 1.807) is 0 Å². The van der Waals surface area contributed by atoms with E-state index >= 15 is 0 Å². The molecule has 108 valence electrons. The van der Waals surface area contributed by atoms with E-state index in [2.05, 4.69) is 62.8 Å². The highest BCUT2D eigenvalue weighted by Crippen LogP contribution is 2.38. The maximum atomic E-state index is 6.15. The van der Waals surface area contributed by atoms with Gasteiger partial charge >= 0.3 is 0 Å². The van der Waals surface area contributed by atoms with Gasteiger partial charge in [0, 0.05) is 29.4 Å². The van der Waals surface area contributed by atoms with Gasteiger partial charge in [0.2, 0.25) is 0 Å². The molecule has 0 fully saturated rings. The zero-order chi connectivity index (χ0) is 15.3. The van der Waals surface area contributed by atoms with E-state index in [1.165, 1.54) is 3.57 Å². The number of hydrogen-bond acceptors (Lipinski definition) is 1. The Balaban J connectivity index is 2.13. The van der Waals surface area contributed by atoms with Gasteiger partial charge in [-0.2, -0.15) is 0 Å². The molecule has 0 N–H and O–H groups in total. The van der Waals surface area contributed by atoms with Crippen molar-refractivity contribution >= 4 is 72.1 Å². The van der Waals surface area contributed by atoms with E-state index in [1.807, 2.05) is 30.3 Å². The zero-order valence-corrected chi connectivity index (χ0v) is 15.7. The molecule has 0 saturated carbocycles. The molecule has 0 aliphatic heterocycles. The summed E-state index contributed by atoms with van der Waals surface area (Å²) in [7, 11) is 0. The summed E-state index contributed by atoms with van der Waals surface area (Å²) in [6, 6.07) is 18.2. The number of hydrogen-bond donors (Lipinski definition) is 0. The van der Waals surface area contributed by atoms with E-state index in [0.717, 1.165) is 42.6 Å². The van der Waals surface area contributed by atoms with Gasteiger partial charge in [-0.05, 0) is 70.6 Å². The predicted octanol–water partition coefficient (Wildman–Crippen LogP) is 7.27. The molecule has 1 aromatic heterocycles. The molecule has 0 bridgehead atoms. The second kappa shape index (κ2) is 5.55. The normalized spacial score (nSPS) is 11.4. The van der Waals surface area contributed by atoms with Crippen LogP contribution in [0.2, 0.25) is 5.02 Å². The Kier molecular flexibility index (Phi) is 3.67. The van der Waals surface area contributed by atoms with Crippen molar-refractivity contribution < 1.29 is 4.42 Å². The van der Waals surface area contributed by atoms with E-state index in [9.17, 15) is 0 Å². The Morgan fingerprint density at radius 3 is 2.64 bits per heavy atom. The fourth-order valence-electron chi connectivity index (χ4n) is 2.69. The third-order valence-corrected chi connectivity index (χ3v) is 4.98. The van der Waals surface area contributed by atoms with Gasteiger partial charge in [0.25, 0.3) is 0 Å². The maximum Gasteiger partial charge on any atom is 0.143 e. The molecule has 0 unspecified atom stereocenters. The van der Waals surface area contributed by atoms with Crippen LogP contribution < -0.4 is 0 Å². The number of fused-ring (bicyclic) bond motifs is 3. The molecule has 0 aliphatic rings. The van der Waals surface area contributed by atoms with E-state index in [0.29, 0.717) is 0 Å². The molecule has 4 heteroatoms. The minimum absolute atomic E-state index is 0.725. The van der Waals surface area contributed by atoms with Crippen molar-refractivity contribution in [2.45, 2.75) is 0 Å². The Bertz CT molecular complexity index is 1020. The average molecular weight is 484 g/mol. The van der Waals surface area contributed by atoms with Gasteiger partial charge in [0.05, 0.1) is 0 Å². The summed E-state index contributed by atoms with van der Waals surface area (Å²) >= 11 is 12.0. The predicted molar refractivity (Wildman–Crippen MR) is 105 cm³/mol. The van der Waals surface area contributed by atoms with Gasteiger partial charge in [-0.1, -0.05) is 39.7 Å². The molecular formula is C18H9BrClIO. The third-order valence-electron chi connectivity index (χ3n) is 3.63. The Labute approximate surface area is 154 Å². The van der Waals surface area contributed by atoms with Gasteiger partial charge in [0.15, 0.2) is 0 Å². The fourth-order valence-corrected chi connectivity index (χ4v) is 3.86. The van der Waals surface area contributed by atoms with Gasteiger partial charge in [0.1, 0.15) is 11.2 Å². The molecular weight excluding hydrogens is 474 g/mol. The lowest BCUT2D eigenvalue weighted by Gasteiger charge is -2.04. The average Bonchev–Trinajstić information content (AvgIpc) is 2.84. The van der Waals surface area contributed by atoms with Crippen molar-refractivity contribution in [3.05, 3.63) is 67.7 Å². The molecule has 1 nitrogen and oxygen atoms in total. The van der Waals surface area contributed by atoms with Gasteiger partial charge < -0.3 is 4.42 Å². The SMILES string of the molecule is Clc1cccc(-c2cc(I)cc3c2oc2ccc(Br)cc23)c1. The molecule has 0 amide bonds. The number of benzene rings is 3. The second-order valence-corrected chi connectivity index (χ2v) is 7.68. The minimum Gasteiger partial charge on any atom is -0.455 e. The van der Waals surface area contributed by atoms with Crippen LogP contribution in [0.5, 0.6) is 0 Å². The standard InChI is InChI=1S/C18H9BrClIO/c19-11-4-5-17-15(7-11)16-9-13(21)8-14(18(16)22-17)10-2-1-3-12(20)6-10/h1-9H. The molecule has 0 spiro atoms. The van der Waals surface area contributed by atoms with Crippen LogP contribution in [0.15, 0.2) is 63.5 Å². The van der Waals surface area contributed by atoms with Crippen LogP contribution in [-0.2, 0) is 0 Å². The first-order valence-corrected chi connectivity index (χ1v) is 8.94. The van der Waals surface area contributed by atoms with Crippen molar-refractivity contribution in [3.8, 4) is 11.1 Å². The summed E-state index contributed by atoms with van der Waals surface area (Å²) in [4.78, 5) is 0. The Hall–Kier alpha value is -1.04. The third kappa shape index (κ3) is 2.45. The lowest BCUT2D eigenvalue weighted by atomic mass is 10.0. The summed E-state index contributed by atoms with van der Waals surface area (Å²) in [5.74, 6) is 0. The highest BCUT2D eigenvalue weighted by Gasteiger charge is 2.14. The largest absolute Gasteiger partial charge is 0.455 e. The fraction of sp³-hybridized carbons (Fsp3) is 0. The van der Waals surface area contributed by atoms with Crippen molar-refractivity contribution in [2.24, 2.45) is 0 Å². The van der Waals surface area contributed by atoms with Crippen LogP contribution >= 0.6 is 50.1 Å². The van der Waals surface area contributed by atoms with E-state index < -0.39 is 0 Å². The molecule has 0 atom stereocenters. The maximum absolute atomic E-state index is 6.15. The quantitative estimate of drug-likeness (QED) is 0.260. The molecule has 0 saturated heterocycles. The topological polar surface area (TPSA) is 13.1 Å². The molecule has 3 aromatic carbocycles. The first-order chi connectivity index (χ1) is 10.6. The molecule has 1 heterocycles. The van der Waals surface area contributed by atoms with Gasteiger partial charge in [-0.25, -0.2) is 0 Å². The van der Waals surface area contributed by atoms with Crippen LogP contribution in [-0.4, -0.2) is 0 Å². The summed E-state index contributed by atoms with van der Waals surface area (Å²) < 4.78 is 8.34. The van der Waals surface area contributed by atoms with Crippen molar-refractivity contribution in [2.75, 3.05) is 0 Å². The van der Waals surface area contributed by atoms with Crippen LogP contribution in [0.1, 0.15) is 0 Å². The van der Waals surface area contributed by atoms with Crippen molar-refractivity contribution in [3.63, 3.8) is 0 Å². The summed E-state index contributed by atoms with van der Waals surface area (Å²) in [5.41, 5.74) is 3.92. The van der Waals surface area contributed by atoms with Crippen LogP contribution in [0.25, 0.3) is 33.1 Å². The van der Waals surface area contributed by atoms with Crippen molar-refractivity contribution in [1.29, 1.82) is 0 Å². The first kappa shape index (κ1) is 14.5. The molecule has 4 aromatic rings. The molecule has 0 aliphatic carbocycles. The number of furan rings is 1. The van der Waals surface area contributed by atoms with Crippen LogP contribution in [0.4, 0.5) is 0 Å². The summed E-state index contributed by atoms with van der Waals surface area (Å²) in [6.45, 7) is 0. The zero-order valence-electron chi connectivity index (χ0n) is 11.2. The lowest BCUT2D eigenvalue weighted by molar-refractivity contribution is 0.670. The first-order valence-electron chi connectivity index (χ1n) is 6.69. The van der Waals surface area contributed by atoms with E-state index in [4.69, 9.17) is 16.0 Å². The van der Waals surface area contributed by atoms with Crippen LogP contribution in [0, 0.1) is 3.57 Å². The molecule has 4 rings (SSSR count). The molecule has 22 heavy (non-hydrogen) atoms.